The molecule has 4 nitrogen and oxygen atoms in total. The van der Waals surface area contributed by atoms with Crippen LogP contribution in [0.3, 0.4) is 0 Å². The molecule has 5 heteroatoms. The fourth-order valence-electron chi connectivity index (χ4n) is 2.96. The predicted octanol–water partition coefficient (Wildman–Crippen LogP) is 3.61. The second-order valence-electron chi connectivity index (χ2n) is 6.21. The van der Waals surface area contributed by atoms with Crippen LogP contribution in [-0.2, 0) is 16.4 Å². The third kappa shape index (κ3) is 3.23. The maximum atomic E-state index is 12.6. The molecule has 24 heavy (non-hydrogen) atoms. The Kier molecular flexibility index (Phi) is 4.47. The van der Waals surface area contributed by atoms with Crippen molar-refractivity contribution in [3.05, 3.63) is 64.8 Å². The van der Waals surface area contributed by atoms with E-state index in [9.17, 15) is 8.42 Å². The van der Waals surface area contributed by atoms with Gasteiger partial charge in [-0.3, -0.25) is 0 Å². The number of rotatable bonds is 5. The van der Waals surface area contributed by atoms with E-state index in [1.165, 1.54) is 0 Å². The first kappa shape index (κ1) is 16.7. The molecule has 3 aromatic rings. The summed E-state index contributed by atoms with van der Waals surface area (Å²) in [6.07, 6.45) is 2.59. The normalized spacial score (nSPS) is 12.0. The zero-order valence-electron chi connectivity index (χ0n) is 14.2. The van der Waals surface area contributed by atoms with Crippen molar-refractivity contribution in [2.45, 2.75) is 32.1 Å². The molecule has 0 radical (unpaired) electrons. The van der Waals surface area contributed by atoms with Gasteiger partial charge < -0.3 is 4.98 Å². The molecule has 0 aliphatic heterocycles. The molecule has 1 heterocycles. The molecule has 0 aliphatic carbocycles. The Balaban J connectivity index is 1.75. The van der Waals surface area contributed by atoms with Crippen LogP contribution >= 0.6 is 0 Å². The first-order valence-electron chi connectivity index (χ1n) is 8.01. The van der Waals surface area contributed by atoms with E-state index in [1.807, 2.05) is 57.3 Å². The SMILES string of the molecule is Cc1cc(C)c(S(=O)(=O)NCCc2c[nH]c3ccccc23)cc1C. The number of hydrogen-bond acceptors (Lipinski definition) is 2. The quantitative estimate of drug-likeness (QED) is 0.744. The van der Waals surface area contributed by atoms with Gasteiger partial charge in [-0.2, -0.15) is 0 Å². The zero-order chi connectivity index (χ0) is 17.3. The molecule has 2 N–H and O–H groups in total. The lowest BCUT2D eigenvalue weighted by atomic mass is 10.1. The van der Waals surface area contributed by atoms with Crippen LogP contribution in [0.15, 0.2) is 47.5 Å². The maximum absolute atomic E-state index is 12.6. The molecular formula is C19H22N2O2S. The van der Waals surface area contributed by atoms with Crippen molar-refractivity contribution in [3.63, 3.8) is 0 Å². The lowest BCUT2D eigenvalue weighted by Crippen LogP contribution is -2.26. The van der Waals surface area contributed by atoms with E-state index >= 15 is 0 Å². The Morgan fingerprint density at radius 3 is 2.50 bits per heavy atom. The van der Waals surface area contributed by atoms with Gasteiger partial charge in [-0.15, -0.1) is 0 Å². The summed E-state index contributed by atoms with van der Waals surface area (Å²) in [4.78, 5) is 3.58. The number of sulfonamides is 1. The Morgan fingerprint density at radius 1 is 1.00 bits per heavy atom. The number of para-hydroxylation sites is 1. The summed E-state index contributed by atoms with van der Waals surface area (Å²) < 4.78 is 27.9. The number of aromatic amines is 1. The van der Waals surface area contributed by atoms with Gasteiger partial charge in [0.1, 0.15) is 0 Å². The fourth-order valence-corrected chi connectivity index (χ4v) is 4.30. The highest BCUT2D eigenvalue weighted by Gasteiger charge is 2.17. The molecule has 2 aromatic carbocycles. The highest BCUT2D eigenvalue weighted by molar-refractivity contribution is 7.89. The van der Waals surface area contributed by atoms with Gasteiger partial charge in [0.05, 0.1) is 4.90 Å². The van der Waals surface area contributed by atoms with E-state index in [-0.39, 0.29) is 0 Å². The highest BCUT2D eigenvalue weighted by atomic mass is 32.2. The van der Waals surface area contributed by atoms with E-state index in [2.05, 4.69) is 9.71 Å². The van der Waals surface area contributed by atoms with Gasteiger partial charge >= 0.3 is 0 Å². The van der Waals surface area contributed by atoms with E-state index in [0.717, 1.165) is 33.2 Å². The molecule has 0 unspecified atom stereocenters. The number of benzene rings is 2. The van der Waals surface area contributed by atoms with Crippen LogP contribution in [-0.4, -0.2) is 19.9 Å². The van der Waals surface area contributed by atoms with Crippen molar-refractivity contribution in [2.24, 2.45) is 0 Å². The number of aryl methyl sites for hydroxylation is 3. The monoisotopic (exact) mass is 342 g/mol. The van der Waals surface area contributed by atoms with Crippen LogP contribution in [0.4, 0.5) is 0 Å². The summed E-state index contributed by atoms with van der Waals surface area (Å²) in [6, 6.07) is 11.7. The molecule has 0 fully saturated rings. The lowest BCUT2D eigenvalue weighted by molar-refractivity contribution is 0.581. The Labute approximate surface area is 143 Å². The van der Waals surface area contributed by atoms with Crippen molar-refractivity contribution in [3.8, 4) is 0 Å². The fraction of sp³-hybridized carbons (Fsp3) is 0.263. The van der Waals surface area contributed by atoms with Gasteiger partial charge in [0.2, 0.25) is 10.0 Å². The standard InChI is InChI=1S/C19H22N2O2S/c1-13-10-15(3)19(11-14(13)2)24(22,23)21-9-8-16-12-20-18-7-5-4-6-17(16)18/h4-7,10-12,20-21H,8-9H2,1-3H3. The van der Waals surface area contributed by atoms with Crippen LogP contribution in [0, 0.1) is 20.8 Å². The van der Waals surface area contributed by atoms with Crippen LogP contribution in [0.25, 0.3) is 10.9 Å². The minimum Gasteiger partial charge on any atom is -0.361 e. The average molecular weight is 342 g/mol. The van der Waals surface area contributed by atoms with Crippen molar-refractivity contribution in [1.29, 1.82) is 0 Å². The maximum Gasteiger partial charge on any atom is 0.240 e. The first-order chi connectivity index (χ1) is 11.4. The molecule has 0 atom stereocenters. The number of nitrogens with one attached hydrogen (secondary N) is 2. The van der Waals surface area contributed by atoms with E-state index < -0.39 is 10.0 Å². The summed E-state index contributed by atoms with van der Waals surface area (Å²) in [5.41, 5.74) is 5.05. The molecule has 126 valence electrons. The third-order valence-corrected chi connectivity index (χ3v) is 6.05. The predicted molar refractivity (Wildman–Crippen MR) is 97.8 cm³/mol. The number of aromatic nitrogens is 1. The van der Waals surface area contributed by atoms with Crippen molar-refractivity contribution >= 4 is 20.9 Å². The van der Waals surface area contributed by atoms with Gasteiger partial charge in [-0.1, -0.05) is 24.3 Å². The number of fused-ring (bicyclic) bond motifs is 1. The summed E-state index contributed by atoms with van der Waals surface area (Å²) in [7, 11) is -3.50. The van der Waals surface area contributed by atoms with Gasteiger partial charge in [0.25, 0.3) is 0 Å². The molecular weight excluding hydrogens is 320 g/mol. The van der Waals surface area contributed by atoms with Crippen molar-refractivity contribution < 1.29 is 8.42 Å². The highest BCUT2D eigenvalue weighted by Crippen LogP contribution is 2.21. The van der Waals surface area contributed by atoms with Gasteiger partial charge in [-0.05, 0) is 61.6 Å². The van der Waals surface area contributed by atoms with E-state index in [4.69, 9.17) is 0 Å². The largest absolute Gasteiger partial charge is 0.361 e. The minimum atomic E-state index is -3.50. The summed E-state index contributed by atoms with van der Waals surface area (Å²) in [6.45, 7) is 6.13. The van der Waals surface area contributed by atoms with Crippen LogP contribution in [0.1, 0.15) is 22.3 Å². The Morgan fingerprint density at radius 2 is 1.71 bits per heavy atom. The minimum absolute atomic E-state index is 0.365. The Bertz CT molecular complexity index is 988. The van der Waals surface area contributed by atoms with Crippen molar-refractivity contribution in [1.82, 2.24) is 9.71 Å². The van der Waals surface area contributed by atoms with Gasteiger partial charge in [-0.25, -0.2) is 13.1 Å². The summed E-state index contributed by atoms with van der Waals surface area (Å²) in [5.74, 6) is 0. The molecule has 0 bridgehead atoms. The van der Waals surface area contributed by atoms with Crippen molar-refractivity contribution in [2.75, 3.05) is 6.54 Å². The van der Waals surface area contributed by atoms with Gasteiger partial charge in [0.15, 0.2) is 0 Å². The summed E-state index contributed by atoms with van der Waals surface area (Å²) in [5, 5.41) is 1.14. The molecule has 1 aromatic heterocycles. The molecule has 0 saturated heterocycles. The van der Waals surface area contributed by atoms with Gasteiger partial charge in [0, 0.05) is 23.6 Å². The van der Waals surface area contributed by atoms with Crippen LogP contribution in [0.5, 0.6) is 0 Å². The van der Waals surface area contributed by atoms with E-state index in [1.54, 1.807) is 6.07 Å². The molecule has 0 spiro atoms. The molecule has 0 amide bonds. The Hall–Kier alpha value is -2.11. The van der Waals surface area contributed by atoms with Crippen LogP contribution < -0.4 is 4.72 Å². The second-order valence-corrected chi connectivity index (χ2v) is 7.94. The van der Waals surface area contributed by atoms with Crippen LogP contribution in [0.2, 0.25) is 0 Å². The first-order valence-corrected chi connectivity index (χ1v) is 9.49. The smallest absolute Gasteiger partial charge is 0.240 e. The second kappa shape index (κ2) is 6.42. The number of H-pyrrole nitrogens is 1. The van der Waals surface area contributed by atoms with E-state index in [0.29, 0.717) is 17.9 Å². The third-order valence-electron chi connectivity index (χ3n) is 4.44. The molecule has 0 aliphatic rings. The topological polar surface area (TPSA) is 62.0 Å². The summed E-state index contributed by atoms with van der Waals surface area (Å²) >= 11 is 0. The molecule has 0 saturated carbocycles. The zero-order valence-corrected chi connectivity index (χ0v) is 15.0. The number of hydrogen-bond donors (Lipinski definition) is 2. The lowest BCUT2D eigenvalue weighted by Gasteiger charge is -2.11. The molecule has 3 rings (SSSR count). The average Bonchev–Trinajstić information content (AvgIpc) is 2.94.